The van der Waals surface area contributed by atoms with E-state index in [2.05, 4.69) is 27.7 Å². The summed E-state index contributed by atoms with van der Waals surface area (Å²) in [7, 11) is 0.422. The van der Waals surface area contributed by atoms with Crippen molar-refractivity contribution >= 4 is 112 Å². The number of aliphatic hydroxyl groups excluding tert-OH is 1. The van der Waals surface area contributed by atoms with E-state index in [4.69, 9.17) is 88.4 Å². The molecular formula is C32H77Cl6Mg2O2P. The van der Waals surface area contributed by atoms with Crippen LogP contribution >= 0.6 is 65.9 Å². The Balaban J connectivity index is -0.0000000400. The van der Waals surface area contributed by atoms with Crippen molar-refractivity contribution < 1.29 is 45.7 Å². The van der Waals surface area contributed by atoms with Crippen molar-refractivity contribution in [1.82, 2.24) is 0 Å². The van der Waals surface area contributed by atoms with E-state index in [1.165, 1.54) is 51.4 Å². The van der Waals surface area contributed by atoms with Gasteiger partial charge < -0.3 is 32.0 Å². The van der Waals surface area contributed by atoms with E-state index in [0.29, 0.717) is 7.92 Å². The first-order valence-corrected chi connectivity index (χ1v) is 16.7. The van der Waals surface area contributed by atoms with Gasteiger partial charge in [-0.1, -0.05) is 148 Å². The zero-order chi connectivity index (χ0) is 42.5. The number of hydrogen-bond acceptors (Lipinski definition) is 2. The minimum atomic E-state index is -2.63. The van der Waals surface area contributed by atoms with E-state index in [1.54, 1.807) is 18.5 Å². The molecule has 1 heterocycles. The van der Waals surface area contributed by atoms with Crippen molar-refractivity contribution in [3.63, 3.8) is 0 Å². The number of halogens is 6. The molecule has 0 bridgehead atoms. The van der Waals surface area contributed by atoms with Crippen LogP contribution in [0.1, 0.15) is 177 Å². The van der Waals surface area contributed by atoms with Crippen molar-refractivity contribution in [1.29, 1.82) is 0 Å². The summed E-state index contributed by atoms with van der Waals surface area (Å²) >= 11 is 24.5. The first kappa shape index (κ1) is 37.9. The molecule has 1 aliphatic rings. The summed E-state index contributed by atoms with van der Waals surface area (Å²) in [5.74, 6) is 0.0331. The van der Waals surface area contributed by atoms with Crippen LogP contribution in [0.25, 0.3) is 0 Å². The Hall–Kier alpha value is 3.62. The molecule has 0 radical (unpaired) electrons. The number of rotatable bonds is 14. The van der Waals surface area contributed by atoms with Gasteiger partial charge in [-0.25, -0.2) is 0 Å². The van der Waals surface area contributed by atoms with E-state index in [-0.39, 0.29) is 109 Å². The van der Waals surface area contributed by atoms with Crippen LogP contribution in [0.5, 0.6) is 0 Å². The van der Waals surface area contributed by atoms with E-state index in [9.17, 15) is 0 Å². The molecule has 0 atom stereocenters. The summed E-state index contributed by atoms with van der Waals surface area (Å²) in [6.45, 7) is 3.97. The first-order chi connectivity index (χ1) is 23.3. The van der Waals surface area contributed by atoms with Crippen LogP contribution in [0, 0.1) is 6.92 Å². The standard InChI is InChI=1S/C12H27P.C4H9Cl.C4H8O.C4H10O.C4H9.CCl4.3CH4.ClH.2Mg.2H/c1-4-7-10-13(11-8-5-2)12-9-6-3;1-2-3-4-5;1-2-4-5-3-1;1-2-3-4-5;1-3-4-2;2-1(3,4)5;;;;;;;;/h4-12H2,1-3H3;2-4H2,1H3;1-4H2;5H,2-4H2,1H3;1,3-4H2,2H3;;3*1H4;1H;;;;/q;;;;-1;;;;;;2*+2;2*-1/p-1/i;1D3,2D2;;1D3,2D2;2D3,4D2;;;;;;;;;. The molecule has 1 aliphatic heterocycles. The molecule has 0 spiro atoms. The fourth-order valence-corrected chi connectivity index (χ4v) is 5.15. The smallest absolute Gasteiger partial charge is 1.00 e. The minimum absolute atomic E-state index is 0. The maximum atomic E-state index is 8.28. The third-order valence-electron chi connectivity index (χ3n) is 3.89. The molecule has 11 heteroatoms. The van der Waals surface area contributed by atoms with Crippen molar-refractivity contribution in [2.24, 2.45) is 0 Å². The third-order valence-corrected chi connectivity index (χ3v) is 6.93. The average Bonchev–Trinajstić information content (AvgIpc) is 3.56. The Kier molecular flexibility index (Phi) is 66.7. The second kappa shape index (κ2) is 75.8. The second-order valence-corrected chi connectivity index (χ2v) is 13.8. The molecule has 268 valence electrons. The van der Waals surface area contributed by atoms with Crippen LogP contribution < -0.4 is 12.4 Å². The topological polar surface area (TPSA) is 29.5 Å². The Labute approximate surface area is 363 Å². The number of unbranched alkanes of at least 4 members (excludes halogenated alkanes) is 3. The van der Waals surface area contributed by atoms with Gasteiger partial charge in [0.15, 0.2) is 0 Å². The van der Waals surface area contributed by atoms with Gasteiger partial charge in [0.1, 0.15) is 0 Å². The number of alkyl halides is 5. The van der Waals surface area contributed by atoms with E-state index >= 15 is 0 Å². The van der Waals surface area contributed by atoms with Gasteiger partial charge in [-0.15, -0.1) is 19.5 Å². The maximum absolute atomic E-state index is 8.28. The zero-order valence-corrected chi connectivity index (χ0v) is 33.2. The summed E-state index contributed by atoms with van der Waals surface area (Å²) in [4.78, 5) is 0. The summed E-state index contributed by atoms with van der Waals surface area (Å²) in [5, 5.41) is 8.28. The van der Waals surface area contributed by atoms with Crippen LogP contribution in [-0.4, -0.2) is 98.7 Å². The third kappa shape index (κ3) is 132. The Morgan fingerprint density at radius 3 is 1.28 bits per heavy atom. The van der Waals surface area contributed by atoms with Gasteiger partial charge in [0.25, 0.3) is 3.25 Å². The Bertz CT molecular complexity index is 759. The van der Waals surface area contributed by atoms with Gasteiger partial charge in [0.05, 0.1) is 0 Å². The molecule has 1 saturated heterocycles. The van der Waals surface area contributed by atoms with Gasteiger partial charge in [-0.05, 0) is 63.4 Å². The SMILES string of the molecule is C.C.C.C1CCOC1.CCCCP(CCCC)CCCC.ClC(Cl)(Cl)Cl.[2H]C([2H])([2H])C([2H])([2H])CCCl.[2H]C([2H])([2H])C([2H])([2H])CCO.[2H]C([2H])([2H])C([2H])([2H])C[CH2-].[Cl-].[H-].[H-].[Mg+2].[Mg+2]. The number of hydrogen-bond donors (Lipinski definition) is 1. The minimum Gasteiger partial charge on any atom is -1.00 e. The molecule has 0 aromatic carbocycles. The molecule has 0 unspecified atom stereocenters. The summed E-state index contributed by atoms with van der Waals surface area (Å²) < 4.78 is 105. The van der Waals surface area contributed by atoms with Gasteiger partial charge >= 0.3 is 46.1 Å². The molecule has 2 nitrogen and oxygen atoms in total. The normalized spacial score (nSPS) is 17.2. The average molecular weight is 801 g/mol. The van der Waals surface area contributed by atoms with Crippen LogP contribution in [0.4, 0.5) is 0 Å². The molecule has 0 aromatic rings. The van der Waals surface area contributed by atoms with Crippen molar-refractivity contribution in [2.75, 3.05) is 44.2 Å². The monoisotopic (exact) mass is 797 g/mol. The van der Waals surface area contributed by atoms with E-state index < -0.39 is 49.5 Å². The number of ether oxygens (including phenoxy) is 1. The van der Waals surface area contributed by atoms with Crippen LogP contribution in [0.3, 0.4) is 0 Å². The number of aliphatic hydroxyl groups is 1. The molecular weight excluding hydrogens is 709 g/mol. The molecule has 0 aliphatic carbocycles. The van der Waals surface area contributed by atoms with E-state index in [0.717, 1.165) is 13.2 Å². The Morgan fingerprint density at radius 2 is 1.14 bits per heavy atom. The largest absolute Gasteiger partial charge is 2.00 e. The van der Waals surface area contributed by atoms with Crippen LogP contribution in [0.2, 0.25) is 0 Å². The van der Waals surface area contributed by atoms with Gasteiger partial charge in [0, 0.05) is 46.3 Å². The molecule has 0 amide bonds. The molecule has 0 aromatic heterocycles. The molecule has 1 fully saturated rings. The molecule has 0 saturated carbocycles. The fraction of sp³-hybridized carbons (Fsp3) is 0.969. The quantitative estimate of drug-likeness (QED) is 0.0821. The van der Waals surface area contributed by atoms with Gasteiger partial charge in [0.2, 0.25) is 0 Å². The van der Waals surface area contributed by atoms with Crippen LogP contribution in [-0.2, 0) is 4.74 Å². The second-order valence-electron chi connectivity index (χ2n) is 7.34. The summed E-state index contributed by atoms with van der Waals surface area (Å²) in [6, 6.07) is 0. The van der Waals surface area contributed by atoms with Crippen molar-refractivity contribution in [2.45, 2.75) is 157 Å². The first-order valence-electron chi connectivity index (χ1n) is 20.3. The van der Waals surface area contributed by atoms with Crippen molar-refractivity contribution in [3.8, 4) is 0 Å². The Morgan fingerprint density at radius 1 is 0.791 bits per heavy atom. The molecule has 1 N–H and O–H groups in total. The van der Waals surface area contributed by atoms with E-state index in [1.807, 2.05) is 0 Å². The molecule has 1 rings (SSSR count). The predicted octanol–water partition coefficient (Wildman–Crippen LogP) is 11.0. The maximum Gasteiger partial charge on any atom is 2.00 e. The predicted molar refractivity (Wildman–Crippen MR) is 214 cm³/mol. The van der Waals surface area contributed by atoms with Crippen LogP contribution in [0.15, 0.2) is 0 Å². The summed E-state index contributed by atoms with van der Waals surface area (Å²) in [6.07, 6.45) is 8.54. The van der Waals surface area contributed by atoms with Gasteiger partial charge in [-0.3, -0.25) is 0 Å². The molecule has 43 heavy (non-hydrogen) atoms. The van der Waals surface area contributed by atoms with Crippen molar-refractivity contribution in [3.05, 3.63) is 6.92 Å². The van der Waals surface area contributed by atoms with Gasteiger partial charge in [-0.2, -0.15) is 6.42 Å². The zero-order valence-electron chi connectivity index (χ0n) is 41.9. The fourth-order valence-electron chi connectivity index (χ4n) is 2.09. The summed E-state index contributed by atoms with van der Waals surface area (Å²) in [5.41, 5.74) is 0.